The van der Waals surface area contributed by atoms with E-state index in [9.17, 15) is 0 Å². The Morgan fingerprint density at radius 1 is 0.432 bits per heavy atom. The average molecular weight is 550 g/mol. The molecule has 4 aliphatic rings. The fourth-order valence-electron chi connectivity index (χ4n) is 8.22. The van der Waals surface area contributed by atoms with Gasteiger partial charge in [-0.2, -0.15) is 5.26 Å². The van der Waals surface area contributed by atoms with Crippen LogP contribution in [0.25, 0.3) is 0 Å². The molecule has 216 valence electrons. The van der Waals surface area contributed by atoms with E-state index in [1.807, 2.05) is 0 Å². The van der Waals surface area contributed by atoms with Gasteiger partial charge in [0.25, 0.3) is 0 Å². The maximum absolute atomic E-state index is 7.32. The van der Waals surface area contributed by atoms with Gasteiger partial charge in [0.2, 0.25) is 0 Å². The Balaban J connectivity index is 0.000000235. The monoisotopic (exact) mass is 549 g/mol. The van der Waals surface area contributed by atoms with Crippen LogP contribution >= 0.6 is 15.8 Å². The molecule has 0 aromatic carbocycles. The summed E-state index contributed by atoms with van der Waals surface area (Å²) in [6, 6.07) is 1.75. The van der Waals surface area contributed by atoms with E-state index in [1.54, 1.807) is 57.4 Å². The van der Waals surface area contributed by atoms with E-state index in [-0.39, 0.29) is 15.8 Å². The van der Waals surface area contributed by atoms with Gasteiger partial charge in [-0.15, -0.1) is 0 Å². The Hall–Kier alpha value is 0.350. The van der Waals surface area contributed by atoms with Gasteiger partial charge in [-0.25, -0.2) is 0 Å². The summed E-state index contributed by atoms with van der Waals surface area (Å²) < 4.78 is 0. The number of nitrogens with zero attached hydrogens (tertiary/aromatic N) is 1. The smallest absolute Gasteiger partial charge is 0.0587 e. The molecule has 0 N–H and O–H groups in total. The minimum Gasteiger partial charge on any atom is -0.199 e. The summed E-state index contributed by atoms with van der Waals surface area (Å²) in [6.07, 6.45) is 30.6. The van der Waals surface area contributed by atoms with Crippen LogP contribution in [-0.4, -0.2) is 32.9 Å². The van der Waals surface area contributed by atoms with Crippen LogP contribution in [0.3, 0.4) is 0 Å². The lowest BCUT2D eigenvalue weighted by atomic mass is 9.99. The second-order valence-electron chi connectivity index (χ2n) is 14.5. The van der Waals surface area contributed by atoms with E-state index in [0.717, 1.165) is 22.6 Å². The minimum atomic E-state index is 0.262. The first-order valence-corrected chi connectivity index (χ1v) is 19.4. The normalized spacial score (nSPS) is 23.6. The second-order valence-corrected chi connectivity index (χ2v) is 21.8. The largest absolute Gasteiger partial charge is 0.199 e. The highest BCUT2D eigenvalue weighted by Crippen LogP contribution is 2.64. The maximum Gasteiger partial charge on any atom is 0.0587 e. The van der Waals surface area contributed by atoms with Crippen molar-refractivity contribution < 1.29 is 0 Å². The van der Waals surface area contributed by atoms with Gasteiger partial charge < -0.3 is 0 Å². The molecule has 4 rings (SSSR count). The van der Waals surface area contributed by atoms with Crippen molar-refractivity contribution >= 4 is 15.8 Å². The molecule has 0 atom stereocenters. The van der Waals surface area contributed by atoms with Gasteiger partial charge in [-0.1, -0.05) is 134 Å². The van der Waals surface area contributed by atoms with Crippen molar-refractivity contribution in [2.24, 2.45) is 0 Å². The lowest BCUT2D eigenvalue weighted by Gasteiger charge is -2.46. The van der Waals surface area contributed by atoms with Crippen molar-refractivity contribution in [2.75, 3.05) is 0 Å². The molecule has 0 radical (unpaired) electrons. The first kappa shape index (κ1) is 33.6. The molecule has 0 spiro atoms. The van der Waals surface area contributed by atoms with Crippen LogP contribution in [0.1, 0.15) is 177 Å². The molecule has 0 aliphatic heterocycles. The van der Waals surface area contributed by atoms with Crippen LogP contribution in [0.4, 0.5) is 0 Å². The van der Waals surface area contributed by atoms with Crippen LogP contribution in [0, 0.1) is 11.3 Å². The van der Waals surface area contributed by atoms with Gasteiger partial charge in [-0.3, -0.25) is 0 Å². The Labute approximate surface area is 236 Å². The summed E-state index contributed by atoms with van der Waals surface area (Å²) in [4.78, 5) is 0. The van der Waals surface area contributed by atoms with Crippen molar-refractivity contribution in [2.45, 2.75) is 210 Å². The summed E-state index contributed by atoms with van der Waals surface area (Å²) in [5, 5.41) is 8.51. The van der Waals surface area contributed by atoms with Crippen molar-refractivity contribution in [1.82, 2.24) is 0 Å². The zero-order valence-electron chi connectivity index (χ0n) is 26.3. The number of hydrogen-bond donors (Lipinski definition) is 0. The predicted octanol–water partition coefficient (Wildman–Crippen LogP) is 12.4. The summed E-state index contributed by atoms with van der Waals surface area (Å²) >= 11 is 0. The molecule has 0 aromatic heterocycles. The average Bonchev–Trinajstić information content (AvgIpc) is 2.86. The van der Waals surface area contributed by atoms with Gasteiger partial charge in [0, 0.05) is 6.92 Å². The Kier molecular flexibility index (Phi) is 15.6. The molecule has 0 unspecified atom stereocenters. The fraction of sp³-hybridized carbons (Fsp3) is 0.971. The van der Waals surface area contributed by atoms with Crippen LogP contribution < -0.4 is 0 Å². The predicted molar refractivity (Wildman–Crippen MR) is 172 cm³/mol. The molecule has 3 heteroatoms. The summed E-state index contributed by atoms with van der Waals surface area (Å²) in [5.74, 6) is 0. The molecule has 0 bridgehead atoms. The van der Waals surface area contributed by atoms with E-state index in [0.29, 0.717) is 10.3 Å². The standard InChI is InChI=1S/2C16H31P.C2H3N/c2*1-16(2,3)17(14-10-6-4-7-11-14)15-12-8-5-9-13-15;1-2-3/h2*14-15H,4-13H2,1-3H3;1H3. The minimum absolute atomic E-state index is 0.262. The Bertz CT molecular complexity index is 530. The lowest BCUT2D eigenvalue weighted by Crippen LogP contribution is -2.30. The van der Waals surface area contributed by atoms with Crippen LogP contribution in [-0.2, 0) is 0 Å². The molecule has 0 amide bonds. The van der Waals surface area contributed by atoms with Crippen LogP contribution in [0.15, 0.2) is 0 Å². The number of hydrogen-bond acceptors (Lipinski definition) is 1. The van der Waals surface area contributed by atoms with E-state index in [4.69, 9.17) is 5.26 Å². The third-order valence-electron chi connectivity index (χ3n) is 9.42. The zero-order valence-corrected chi connectivity index (χ0v) is 28.1. The van der Waals surface area contributed by atoms with Gasteiger partial charge in [0.05, 0.1) is 6.07 Å². The van der Waals surface area contributed by atoms with E-state index in [1.165, 1.54) is 84.0 Å². The molecule has 4 aliphatic carbocycles. The molecule has 0 saturated heterocycles. The summed E-state index contributed by atoms with van der Waals surface area (Å²) in [7, 11) is 0.524. The Morgan fingerprint density at radius 2 is 0.595 bits per heavy atom. The second kappa shape index (κ2) is 17.2. The molecular formula is C34H65NP2. The lowest BCUT2D eigenvalue weighted by molar-refractivity contribution is 0.475. The quantitative estimate of drug-likeness (QED) is 0.320. The van der Waals surface area contributed by atoms with Gasteiger partial charge >= 0.3 is 0 Å². The van der Waals surface area contributed by atoms with E-state index >= 15 is 0 Å². The number of rotatable bonds is 4. The highest BCUT2D eigenvalue weighted by Gasteiger charge is 2.39. The van der Waals surface area contributed by atoms with Crippen LogP contribution in [0.5, 0.6) is 0 Å². The first-order chi connectivity index (χ1) is 17.6. The van der Waals surface area contributed by atoms with Crippen molar-refractivity contribution in [3.8, 4) is 6.07 Å². The summed E-state index contributed by atoms with van der Waals surface area (Å²) in [5.41, 5.74) is 4.45. The van der Waals surface area contributed by atoms with E-state index in [2.05, 4.69) is 41.5 Å². The van der Waals surface area contributed by atoms with Gasteiger partial charge in [-0.05, 0) is 84.3 Å². The van der Waals surface area contributed by atoms with Gasteiger partial charge in [0.1, 0.15) is 0 Å². The molecule has 4 saturated carbocycles. The van der Waals surface area contributed by atoms with Crippen LogP contribution in [0.2, 0.25) is 0 Å². The first-order valence-electron chi connectivity index (χ1n) is 16.5. The fourth-order valence-corrected chi connectivity index (χ4v) is 17.5. The molecule has 1 nitrogen and oxygen atoms in total. The molecular weight excluding hydrogens is 484 g/mol. The highest BCUT2D eigenvalue weighted by atomic mass is 31.1. The SMILES string of the molecule is CC#N.CC(C)(C)P(C1CCCCC1)C1CCCCC1.CC(C)(C)P(C1CCCCC1)C1CCCCC1. The summed E-state index contributed by atoms with van der Waals surface area (Å²) in [6.45, 7) is 16.6. The number of nitriles is 1. The maximum atomic E-state index is 7.32. The highest BCUT2D eigenvalue weighted by molar-refractivity contribution is 7.61. The molecule has 4 fully saturated rings. The molecule has 37 heavy (non-hydrogen) atoms. The third-order valence-corrected chi connectivity index (χ3v) is 17.7. The molecule has 0 heterocycles. The third kappa shape index (κ3) is 11.8. The molecule has 0 aromatic rings. The van der Waals surface area contributed by atoms with Crippen molar-refractivity contribution in [3.05, 3.63) is 0 Å². The topological polar surface area (TPSA) is 23.8 Å². The van der Waals surface area contributed by atoms with Gasteiger partial charge in [0.15, 0.2) is 0 Å². The van der Waals surface area contributed by atoms with E-state index < -0.39 is 0 Å². The van der Waals surface area contributed by atoms with Crippen molar-refractivity contribution in [3.63, 3.8) is 0 Å². The van der Waals surface area contributed by atoms with Crippen molar-refractivity contribution in [1.29, 1.82) is 5.26 Å². The Morgan fingerprint density at radius 3 is 0.730 bits per heavy atom. The zero-order chi connectivity index (χ0) is 27.3.